The molecule has 3 aromatic rings. The first-order valence-electron chi connectivity index (χ1n) is 13.0. The number of nitrogens with one attached hydrogen (secondary N) is 1. The average Bonchev–Trinajstić information content (AvgIpc) is 2.89. The molecular formula is C31H35FN2O3. The van der Waals surface area contributed by atoms with E-state index in [1.165, 1.54) is 12.1 Å². The van der Waals surface area contributed by atoms with E-state index in [0.29, 0.717) is 38.1 Å². The Kier molecular flexibility index (Phi) is 8.59. The van der Waals surface area contributed by atoms with Crippen LogP contribution in [0, 0.1) is 11.7 Å². The monoisotopic (exact) mass is 502 g/mol. The second kappa shape index (κ2) is 12.0. The van der Waals surface area contributed by atoms with Crippen molar-refractivity contribution < 1.29 is 18.7 Å². The number of ether oxygens (including phenoxy) is 1. The third kappa shape index (κ3) is 6.56. The first kappa shape index (κ1) is 26.4. The molecule has 3 aromatic carbocycles. The number of benzene rings is 3. The summed E-state index contributed by atoms with van der Waals surface area (Å²) in [6.45, 7) is 6.95. The number of rotatable bonds is 9. The minimum atomic E-state index is -0.656. The van der Waals surface area contributed by atoms with Crippen molar-refractivity contribution >= 4 is 11.8 Å². The number of fused-ring (bicyclic) bond motifs is 1. The third-order valence-electron chi connectivity index (χ3n) is 6.66. The van der Waals surface area contributed by atoms with E-state index in [4.69, 9.17) is 4.74 Å². The summed E-state index contributed by atoms with van der Waals surface area (Å²) in [5, 5.41) is 2.96. The van der Waals surface area contributed by atoms with Crippen LogP contribution in [-0.4, -0.2) is 29.4 Å². The molecule has 1 N–H and O–H groups in total. The van der Waals surface area contributed by atoms with Gasteiger partial charge < -0.3 is 15.0 Å². The Bertz CT molecular complexity index is 1230. The number of halogens is 1. The van der Waals surface area contributed by atoms with Crippen molar-refractivity contribution in [3.05, 3.63) is 101 Å². The minimum Gasteiger partial charge on any atom is -0.481 e. The predicted molar refractivity (Wildman–Crippen MR) is 143 cm³/mol. The Balaban J connectivity index is 1.59. The van der Waals surface area contributed by atoms with Crippen molar-refractivity contribution in [2.45, 2.75) is 58.7 Å². The Morgan fingerprint density at radius 3 is 2.54 bits per heavy atom. The topological polar surface area (TPSA) is 58.6 Å². The van der Waals surface area contributed by atoms with Crippen molar-refractivity contribution in [1.82, 2.24) is 10.2 Å². The molecule has 0 fully saturated rings. The van der Waals surface area contributed by atoms with E-state index >= 15 is 0 Å². The summed E-state index contributed by atoms with van der Waals surface area (Å²) in [6, 6.07) is 21.5. The molecule has 37 heavy (non-hydrogen) atoms. The molecule has 0 spiro atoms. The summed E-state index contributed by atoms with van der Waals surface area (Å²) >= 11 is 0. The van der Waals surface area contributed by atoms with Crippen molar-refractivity contribution in [2.75, 3.05) is 6.54 Å². The highest BCUT2D eigenvalue weighted by Crippen LogP contribution is 2.38. The van der Waals surface area contributed by atoms with Crippen LogP contribution >= 0.6 is 0 Å². The molecule has 2 atom stereocenters. The summed E-state index contributed by atoms with van der Waals surface area (Å²) in [5.74, 6) is 0.304. The predicted octanol–water partition coefficient (Wildman–Crippen LogP) is 5.82. The van der Waals surface area contributed by atoms with Gasteiger partial charge in [0.25, 0.3) is 5.91 Å². The van der Waals surface area contributed by atoms with Gasteiger partial charge in [-0.25, -0.2) is 4.39 Å². The number of hydrogen-bond donors (Lipinski definition) is 1. The molecule has 0 saturated carbocycles. The van der Waals surface area contributed by atoms with Crippen LogP contribution in [0.25, 0.3) is 0 Å². The molecule has 1 aliphatic heterocycles. The molecule has 2 amide bonds. The second-order valence-corrected chi connectivity index (χ2v) is 9.97. The van der Waals surface area contributed by atoms with Gasteiger partial charge in [0.15, 0.2) is 6.10 Å². The highest BCUT2D eigenvalue weighted by molar-refractivity contribution is 5.81. The van der Waals surface area contributed by atoms with Crippen LogP contribution in [0.4, 0.5) is 4.39 Å². The quantitative estimate of drug-likeness (QED) is 0.401. The molecular weight excluding hydrogens is 467 g/mol. The maximum atomic E-state index is 14.2. The molecule has 1 heterocycles. The van der Waals surface area contributed by atoms with Gasteiger partial charge in [-0.1, -0.05) is 69.3 Å². The highest BCUT2D eigenvalue weighted by atomic mass is 19.1. The van der Waals surface area contributed by atoms with Crippen LogP contribution in [-0.2, 0) is 22.6 Å². The molecule has 0 saturated heterocycles. The van der Waals surface area contributed by atoms with Gasteiger partial charge in [-0.2, -0.15) is 0 Å². The number of nitrogens with zero attached hydrogens (tertiary/aromatic N) is 1. The largest absolute Gasteiger partial charge is 0.481 e. The Morgan fingerprint density at radius 1 is 1.05 bits per heavy atom. The average molecular weight is 503 g/mol. The highest BCUT2D eigenvalue weighted by Gasteiger charge is 2.33. The van der Waals surface area contributed by atoms with Crippen LogP contribution in [0.2, 0.25) is 0 Å². The first-order chi connectivity index (χ1) is 17.9. The maximum Gasteiger partial charge on any atom is 0.261 e. The van der Waals surface area contributed by atoms with Gasteiger partial charge in [-0.3, -0.25) is 9.59 Å². The van der Waals surface area contributed by atoms with E-state index in [9.17, 15) is 14.0 Å². The lowest BCUT2D eigenvalue weighted by atomic mass is 9.87. The van der Waals surface area contributed by atoms with E-state index in [1.807, 2.05) is 80.3 Å². The minimum absolute atomic E-state index is 0.0490. The molecule has 0 radical (unpaired) electrons. The van der Waals surface area contributed by atoms with Gasteiger partial charge in [0.1, 0.15) is 11.6 Å². The normalized spacial score (nSPS) is 15.7. The lowest BCUT2D eigenvalue weighted by Gasteiger charge is -2.38. The fraction of sp³-hybridized carbons (Fsp3) is 0.355. The molecule has 0 aliphatic carbocycles. The second-order valence-electron chi connectivity index (χ2n) is 9.97. The van der Waals surface area contributed by atoms with Crippen molar-refractivity contribution in [3.8, 4) is 5.75 Å². The third-order valence-corrected chi connectivity index (χ3v) is 6.66. The number of carbonyl (C=O) groups excluding carboxylic acids is 2. The van der Waals surface area contributed by atoms with E-state index in [-0.39, 0.29) is 23.5 Å². The summed E-state index contributed by atoms with van der Waals surface area (Å²) in [4.78, 5) is 28.0. The van der Waals surface area contributed by atoms with E-state index in [1.54, 1.807) is 6.07 Å². The molecule has 2 unspecified atom stereocenters. The van der Waals surface area contributed by atoms with Gasteiger partial charge in [-0.15, -0.1) is 0 Å². The number of carbonyl (C=O) groups is 2. The summed E-state index contributed by atoms with van der Waals surface area (Å²) < 4.78 is 20.4. The van der Waals surface area contributed by atoms with E-state index in [2.05, 4.69) is 5.32 Å². The van der Waals surface area contributed by atoms with Crippen LogP contribution in [0.5, 0.6) is 5.75 Å². The van der Waals surface area contributed by atoms with Gasteiger partial charge in [0.2, 0.25) is 5.91 Å². The van der Waals surface area contributed by atoms with Crippen molar-refractivity contribution in [3.63, 3.8) is 0 Å². The fourth-order valence-electron chi connectivity index (χ4n) is 4.82. The number of amides is 2. The van der Waals surface area contributed by atoms with Crippen LogP contribution in [0.1, 0.15) is 61.9 Å². The lowest BCUT2D eigenvalue weighted by molar-refractivity contribution is -0.134. The summed E-state index contributed by atoms with van der Waals surface area (Å²) in [5.41, 5.74) is 3.74. The van der Waals surface area contributed by atoms with Crippen LogP contribution in [0.3, 0.4) is 0 Å². The van der Waals surface area contributed by atoms with Crippen LogP contribution in [0.15, 0.2) is 72.8 Å². The van der Waals surface area contributed by atoms with Gasteiger partial charge in [0, 0.05) is 19.5 Å². The Morgan fingerprint density at radius 2 is 1.84 bits per heavy atom. The smallest absolute Gasteiger partial charge is 0.261 e. The molecule has 0 aromatic heterocycles. The summed E-state index contributed by atoms with van der Waals surface area (Å²) in [6.07, 6.45) is 0.984. The van der Waals surface area contributed by atoms with Gasteiger partial charge in [0.05, 0.1) is 6.04 Å². The van der Waals surface area contributed by atoms with Gasteiger partial charge in [-0.05, 0) is 65.3 Å². The van der Waals surface area contributed by atoms with Crippen molar-refractivity contribution in [1.29, 1.82) is 0 Å². The molecule has 0 bridgehead atoms. The zero-order valence-electron chi connectivity index (χ0n) is 21.7. The molecule has 194 valence electrons. The standard InChI is InChI=1S/C31H35FN2O3/c1-4-28(31(36)33-20-22-9-6-5-7-10-22)37-26-14-13-23-15-16-34(29(35)17-21(2)3)30(27(23)19-26)24-11-8-12-25(32)18-24/h5-14,18-19,21,28,30H,4,15-17,20H2,1-3H3,(H,33,36). The molecule has 1 aliphatic rings. The van der Waals surface area contributed by atoms with Crippen LogP contribution < -0.4 is 10.1 Å². The molecule has 4 rings (SSSR count). The molecule has 5 nitrogen and oxygen atoms in total. The van der Waals surface area contributed by atoms with E-state index in [0.717, 1.165) is 22.3 Å². The maximum absolute atomic E-state index is 14.2. The number of hydrogen-bond acceptors (Lipinski definition) is 3. The zero-order valence-corrected chi connectivity index (χ0v) is 21.7. The van der Waals surface area contributed by atoms with Gasteiger partial charge >= 0.3 is 0 Å². The van der Waals surface area contributed by atoms with E-state index < -0.39 is 12.1 Å². The lowest BCUT2D eigenvalue weighted by Crippen LogP contribution is -2.41. The summed E-state index contributed by atoms with van der Waals surface area (Å²) in [7, 11) is 0. The Labute approximate surface area is 218 Å². The zero-order chi connectivity index (χ0) is 26.4. The fourth-order valence-corrected chi connectivity index (χ4v) is 4.82. The van der Waals surface area contributed by atoms with Crippen molar-refractivity contribution in [2.24, 2.45) is 5.92 Å². The molecule has 6 heteroatoms. The Hall–Kier alpha value is -3.67. The first-order valence-corrected chi connectivity index (χ1v) is 13.0. The SMILES string of the molecule is CCC(Oc1ccc2c(c1)C(c1cccc(F)c1)N(C(=O)CC(C)C)CC2)C(=O)NCc1ccccc1.